The van der Waals surface area contributed by atoms with Crippen LogP contribution in [0.15, 0.2) is 60.6 Å². The Morgan fingerprint density at radius 1 is 0.952 bits per heavy atom. The van der Waals surface area contributed by atoms with Gasteiger partial charge in [0.15, 0.2) is 0 Å². The van der Waals surface area contributed by atoms with Gasteiger partial charge in [0.05, 0.1) is 0 Å². The Balaban J connectivity index is 1.92. The summed E-state index contributed by atoms with van der Waals surface area (Å²) in [5.41, 5.74) is 3.41. The molecule has 0 unspecified atom stereocenters. The predicted octanol–water partition coefficient (Wildman–Crippen LogP) is 3.21. The number of benzene rings is 1. The third-order valence-electron chi connectivity index (χ3n) is 3.03. The molecule has 4 heteroatoms. The molecule has 0 fully saturated rings. The lowest BCUT2D eigenvalue weighted by atomic mass is 10.1. The number of aromatic nitrogens is 1. The van der Waals surface area contributed by atoms with E-state index >= 15 is 0 Å². The van der Waals surface area contributed by atoms with Gasteiger partial charge in [0.1, 0.15) is 17.7 Å². The van der Waals surface area contributed by atoms with Crippen molar-refractivity contribution < 1.29 is 0 Å². The number of nitrogens with one attached hydrogen (secondary N) is 1. The fourth-order valence-corrected chi connectivity index (χ4v) is 1.85. The smallest absolute Gasteiger partial charge is 0.145 e. The molecule has 0 radical (unpaired) electrons. The molecule has 0 bridgehead atoms. The number of rotatable bonds is 5. The van der Waals surface area contributed by atoms with Crippen molar-refractivity contribution in [3.63, 3.8) is 0 Å². The summed E-state index contributed by atoms with van der Waals surface area (Å²) in [6.07, 6.45) is 6.95. The van der Waals surface area contributed by atoms with Gasteiger partial charge in [-0.2, -0.15) is 10.5 Å². The van der Waals surface area contributed by atoms with E-state index in [-0.39, 0.29) is 5.57 Å². The third-order valence-corrected chi connectivity index (χ3v) is 3.03. The van der Waals surface area contributed by atoms with Crippen molar-refractivity contribution in [3.05, 3.63) is 71.7 Å². The van der Waals surface area contributed by atoms with Gasteiger partial charge in [-0.1, -0.05) is 12.1 Å². The molecular formula is C17H14N4. The maximum absolute atomic E-state index is 8.64. The van der Waals surface area contributed by atoms with E-state index in [0.717, 1.165) is 18.5 Å². The molecule has 4 nitrogen and oxygen atoms in total. The Labute approximate surface area is 124 Å². The summed E-state index contributed by atoms with van der Waals surface area (Å²) in [5.74, 6) is 0. The summed E-state index contributed by atoms with van der Waals surface area (Å²) in [6, 6.07) is 15.6. The zero-order valence-corrected chi connectivity index (χ0v) is 11.5. The second kappa shape index (κ2) is 7.47. The lowest BCUT2D eigenvalue weighted by Gasteiger charge is -2.04. The van der Waals surface area contributed by atoms with Crippen molar-refractivity contribution in [3.8, 4) is 12.1 Å². The molecule has 0 aliphatic carbocycles. The molecule has 0 spiro atoms. The molecule has 0 aliphatic heterocycles. The Morgan fingerprint density at radius 2 is 1.52 bits per heavy atom. The highest BCUT2D eigenvalue weighted by atomic mass is 14.8. The minimum atomic E-state index is 0.0526. The number of nitriles is 2. The molecule has 0 amide bonds. The van der Waals surface area contributed by atoms with Crippen LogP contribution in [0.4, 0.5) is 5.69 Å². The third kappa shape index (κ3) is 4.49. The second-order valence-corrected chi connectivity index (χ2v) is 4.48. The molecule has 21 heavy (non-hydrogen) atoms. The van der Waals surface area contributed by atoms with Crippen LogP contribution < -0.4 is 5.32 Å². The molecule has 2 rings (SSSR count). The Bertz CT molecular complexity index is 672. The van der Waals surface area contributed by atoms with Crippen LogP contribution in [0.25, 0.3) is 0 Å². The lowest BCUT2D eigenvalue weighted by Crippen LogP contribution is -1.93. The summed E-state index contributed by atoms with van der Waals surface area (Å²) in [4.78, 5) is 4.00. The van der Waals surface area contributed by atoms with Crippen molar-refractivity contribution >= 4 is 5.69 Å². The molecule has 1 aromatic carbocycles. The van der Waals surface area contributed by atoms with Crippen LogP contribution in [0.2, 0.25) is 0 Å². The average Bonchev–Trinajstić information content (AvgIpc) is 2.56. The molecule has 0 aliphatic rings. The first kappa shape index (κ1) is 14.3. The number of hydrogen-bond donors (Lipinski definition) is 1. The van der Waals surface area contributed by atoms with E-state index in [4.69, 9.17) is 10.5 Å². The highest BCUT2D eigenvalue weighted by molar-refractivity contribution is 5.50. The monoisotopic (exact) mass is 274 g/mol. The van der Waals surface area contributed by atoms with Gasteiger partial charge in [0, 0.05) is 24.3 Å². The molecule has 1 aromatic heterocycles. The van der Waals surface area contributed by atoms with Crippen LogP contribution in [0.5, 0.6) is 0 Å². The maximum atomic E-state index is 8.64. The summed E-state index contributed by atoms with van der Waals surface area (Å²) in [7, 11) is 0. The van der Waals surface area contributed by atoms with E-state index in [0.29, 0.717) is 0 Å². The van der Waals surface area contributed by atoms with Gasteiger partial charge in [-0.15, -0.1) is 0 Å². The summed E-state index contributed by atoms with van der Waals surface area (Å²) in [5, 5.41) is 20.2. The van der Waals surface area contributed by atoms with Crippen molar-refractivity contribution in [1.29, 1.82) is 10.5 Å². The predicted molar refractivity (Wildman–Crippen MR) is 81.0 cm³/mol. The van der Waals surface area contributed by atoms with E-state index in [1.165, 1.54) is 17.3 Å². The Kier molecular flexibility index (Phi) is 5.09. The largest absolute Gasteiger partial charge is 0.360 e. The van der Waals surface area contributed by atoms with E-state index in [9.17, 15) is 0 Å². The van der Waals surface area contributed by atoms with Crippen LogP contribution in [-0.2, 0) is 12.8 Å². The van der Waals surface area contributed by atoms with E-state index in [2.05, 4.69) is 10.3 Å². The quantitative estimate of drug-likeness (QED) is 0.850. The maximum Gasteiger partial charge on any atom is 0.145 e. The fourth-order valence-electron chi connectivity index (χ4n) is 1.85. The summed E-state index contributed by atoms with van der Waals surface area (Å²) >= 11 is 0. The van der Waals surface area contributed by atoms with Crippen LogP contribution in [0, 0.1) is 22.7 Å². The van der Waals surface area contributed by atoms with Crippen molar-refractivity contribution in [2.75, 3.05) is 5.32 Å². The zero-order chi connectivity index (χ0) is 14.9. The van der Waals surface area contributed by atoms with E-state index in [1.54, 1.807) is 24.5 Å². The minimum Gasteiger partial charge on any atom is -0.360 e. The number of hydrogen-bond acceptors (Lipinski definition) is 4. The highest BCUT2D eigenvalue weighted by Gasteiger charge is 1.97. The topological polar surface area (TPSA) is 72.5 Å². The highest BCUT2D eigenvalue weighted by Crippen LogP contribution is 2.12. The fraction of sp³-hybridized carbons (Fsp3) is 0.118. The van der Waals surface area contributed by atoms with E-state index < -0.39 is 0 Å². The summed E-state index contributed by atoms with van der Waals surface area (Å²) < 4.78 is 0. The van der Waals surface area contributed by atoms with Crippen molar-refractivity contribution in [2.45, 2.75) is 12.8 Å². The molecular weight excluding hydrogens is 260 g/mol. The molecule has 0 atom stereocenters. The first-order valence-corrected chi connectivity index (χ1v) is 6.56. The normalized spacial score (nSPS) is 9.24. The van der Waals surface area contributed by atoms with Crippen molar-refractivity contribution in [1.82, 2.24) is 4.98 Å². The number of nitrogens with zero attached hydrogens (tertiary/aromatic N) is 3. The van der Waals surface area contributed by atoms with E-state index in [1.807, 2.05) is 36.4 Å². The second-order valence-electron chi connectivity index (χ2n) is 4.48. The lowest BCUT2D eigenvalue weighted by molar-refractivity contribution is 0.955. The average molecular weight is 274 g/mol. The van der Waals surface area contributed by atoms with Gasteiger partial charge in [-0.05, 0) is 48.2 Å². The number of allylic oxidation sites excluding steroid dienone is 1. The first-order chi connectivity index (χ1) is 10.3. The van der Waals surface area contributed by atoms with Gasteiger partial charge in [0.2, 0.25) is 0 Å². The van der Waals surface area contributed by atoms with Gasteiger partial charge in [-0.25, -0.2) is 0 Å². The van der Waals surface area contributed by atoms with Gasteiger partial charge >= 0.3 is 0 Å². The number of anilines is 1. The molecule has 0 saturated heterocycles. The minimum absolute atomic E-state index is 0.0526. The van der Waals surface area contributed by atoms with Crippen LogP contribution in [-0.4, -0.2) is 4.98 Å². The zero-order valence-electron chi connectivity index (χ0n) is 11.5. The Morgan fingerprint density at radius 3 is 2.10 bits per heavy atom. The standard InChI is InChI=1S/C17H14N4/c18-11-16(12-19)13-21-17-5-3-14(4-6-17)1-2-15-7-9-20-10-8-15/h3-10,13,21H,1-2H2. The van der Waals surface area contributed by atoms with Gasteiger partial charge in [-0.3, -0.25) is 4.98 Å². The number of pyridine rings is 1. The van der Waals surface area contributed by atoms with Gasteiger partial charge < -0.3 is 5.32 Å². The molecule has 1 heterocycles. The van der Waals surface area contributed by atoms with Crippen LogP contribution in [0.3, 0.4) is 0 Å². The first-order valence-electron chi connectivity index (χ1n) is 6.56. The SMILES string of the molecule is N#CC(C#N)=CNc1ccc(CCc2ccncc2)cc1. The molecule has 2 aromatic rings. The number of aryl methyl sites for hydroxylation is 2. The Hall–Kier alpha value is -3.11. The molecule has 1 N–H and O–H groups in total. The van der Waals surface area contributed by atoms with Crippen molar-refractivity contribution in [2.24, 2.45) is 0 Å². The molecule has 102 valence electrons. The molecule has 0 saturated carbocycles. The summed E-state index contributed by atoms with van der Waals surface area (Å²) in [6.45, 7) is 0. The van der Waals surface area contributed by atoms with Crippen LogP contribution in [0.1, 0.15) is 11.1 Å². The van der Waals surface area contributed by atoms with Gasteiger partial charge in [0.25, 0.3) is 0 Å². The van der Waals surface area contributed by atoms with Crippen LogP contribution >= 0.6 is 0 Å².